The summed E-state index contributed by atoms with van der Waals surface area (Å²) in [4.78, 5) is 13.2. The third-order valence-electron chi connectivity index (χ3n) is 5.81. The Labute approximate surface area is 251 Å². The van der Waals surface area contributed by atoms with E-state index in [4.69, 9.17) is 10.7 Å². The average molecular weight is 608 g/mol. The van der Waals surface area contributed by atoms with Gasteiger partial charge < -0.3 is 10.6 Å². The molecule has 2 rings (SSSR count). The second kappa shape index (κ2) is 23.3. The lowest BCUT2D eigenvalue weighted by atomic mass is 10.1. The fourth-order valence-electron chi connectivity index (χ4n) is 3.26. The Bertz CT molecular complexity index is 1100. The molecule has 0 unspecified atom stereocenters. The fraction of sp³-hybridized carbons (Fsp3) is 0.364. The number of rotatable bonds is 14. The van der Waals surface area contributed by atoms with Crippen LogP contribution in [0.5, 0.6) is 0 Å². The van der Waals surface area contributed by atoms with E-state index in [9.17, 15) is 0 Å². The van der Waals surface area contributed by atoms with Crippen molar-refractivity contribution in [1.29, 1.82) is 0 Å². The van der Waals surface area contributed by atoms with E-state index < -0.39 is 0 Å². The fourth-order valence-corrected chi connectivity index (χ4v) is 3.36. The number of allylic oxidation sites excluding steroid dienone is 2. The highest BCUT2D eigenvalue weighted by Gasteiger charge is 2.05. The quantitative estimate of drug-likeness (QED) is 0.129. The van der Waals surface area contributed by atoms with Crippen LogP contribution in [0.2, 0.25) is 0 Å². The smallest absolute Gasteiger partial charge is 0.124 e. The molecule has 0 aliphatic heterocycles. The second-order valence-corrected chi connectivity index (χ2v) is 9.24. The maximum absolute atomic E-state index is 5.75. The summed E-state index contributed by atoms with van der Waals surface area (Å²) in [6, 6.07) is 14.1. The maximum Gasteiger partial charge on any atom is 0.124 e. The molecule has 1 aromatic carbocycles. The minimum atomic E-state index is 0.405. The molecule has 40 heavy (non-hydrogen) atoms. The van der Waals surface area contributed by atoms with Crippen molar-refractivity contribution in [2.45, 2.75) is 66.7 Å². The molecule has 2 aromatic rings. The van der Waals surface area contributed by atoms with Gasteiger partial charge in [0.25, 0.3) is 0 Å². The number of hydrazone groups is 1. The molecule has 0 saturated heterocycles. The zero-order valence-corrected chi connectivity index (χ0v) is 26.5. The summed E-state index contributed by atoms with van der Waals surface area (Å²) in [7, 11) is 0. The summed E-state index contributed by atoms with van der Waals surface area (Å²) in [5.74, 6) is 0.405. The molecule has 0 aliphatic rings. The number of terminal acetylenes is 1. The summed E-state index contributed by atoms with van der Waals surface area (Å²) >= 11 is 3.18. The highest BCUT2D eigenvalue weighted by molar-refractivity contribution is 9.11. The van der Waals surface area contributed by atoms with Crippen molar-refractivity contribution in [1.82, 2.24) is 15.3 Å². The molecule has 7 heteroatoms. The lowest BCUT2D eigenvalue weighted by molar-refractivity contribution is 0.351. The SMILES string of the molecule is C#C.C=C(CC)N(CC)CCCC(C)=N/C=C(/C=N\N/C(N)=C/Br)c1ccc(-c2ccccc2)nc1.CCCC. The van der Waals surface area contributed by atoms with Gasteiger partial charge in [0.05, 0.1) is 11.9 Å². The van der Waals surface area contributed by atoms with Gasteiger partial charge in [0.2, 0.25) is 0 Å². The Morgan fingerprint density at radius 3 is 2.30 bits per heavy atom. The summed E-state index contributed by atoms with van der Waals surface area (Å²) < 4.78 is 0. The van der Waals surface area contributed by atoms with E-state index in [1.54, 1.807) is 11.2 Å². The molecule has 0 fully saturated rings. The van der Waals surface area contributed by atoms with Crippen molar-refractivity contribution in [2.75, 3.05) is 13.1 Å². The molecule has 6 nitrogen and oxygen atoms in total. The van der Waals surface area contributed by atoms with Gasteiger partial charge in [-0.25, -0.2) is 0 Å². The number of benzene rings is 1. The summed E-state index contributed by atoms with van der Waals surface area (Å²) in [6.07, 6.45) is 18.9. The highest BCUT2D eigenvalue weighted by atomic mass is 79.9. The van der Waals surface area contributed by atoms with Crippen LogP contribution in [0, 0.1) is 12.8 Å². The van der Waals surface area contributed by atoms with Crippen molar-refractivity contribution < 1.29 is 0 Å². The highest BCUT2D eigenvalue weighted by Crippen LogP contribution is 2.19. The third-order valence-corrected chi connectivity index (χ3v) is 6.30. The predicted molar refractivity (Wildman–Crippen MR) is 180 cm³/mol. The molecule has 0 bridgehead atoms. The molecule has 0 atom stereocenters. The minimum absolute atomic E-state index is 0.405. The Kier molecular flexibility index (Phi) is 21.2. The van der Waals surface area contributed by atoms with Crippen molar-refractivity contribution in [2.24, 2.45) is 15.8 Å². The standard InChI is InChI=1S/C27H35BrN6.C4H10.C2H2/c1-5-22(4)34(6-2)16-10-11-21(3)30-19-25(20-32-33-27(29)17-28)24-14-15-26(31-18-24)23-12-8-7-9-13-23;1-3-4-2;1-2/h7-9,12-15,17-20,33H,4-6,10-11,16,29H2,1-3H3;3-4H2,1-2H3;1-2H/b25-19-,27-17+,30-21?,32-20-;;. The van der Waals surface area contributed by atoms with Gasteiger partial charge in [-0.05, 0) is 39.2 Å². The molecule has 3 N–H and O–H groups in total. The van der Waals surface area contributed by atoms with E-state index in [0.717, 1.165) is 60.5 Å². The lowest BCUT2D eigenvalue weighted by Crippen LogP contribution is -2.23. The van der Waals surface area contributed by atoms with Crippen LogP contribution in [0.1, 0.15) is 72.3 Å². The van der Waals surface area contributed by atoms with Crippen LogP contribution >= 0.6 is 15.9 Å². The number of aliphatic imine (C=N–C) groups is 1. The Morgan fingerprint density at radius 1 is 1.10 bits per heavy atom. The molecule has 1 heterocycles. The van der Waals surface area contributed by atoms with Gasteiger partial charge in [0, 0.05) is 58.6 Å². The Hall–Kier alpha value is -3.63. The number of nitrogens with two attached hydrogens (primary N) is 1. The monoisotopic (exact) mass is 606 g/mol. The van der Waals surface area contributed by atoms with E-state index in [0.29, 0.717) is 5.82 Å². The van der Waals surface area contributed by atoms with Crippen molar-refractivity contribution in [3.05, 3.63) is 83.5 Å². The number of hydrogen-bond acceptors (Lipinski definition) is 6. The van der Waals surface area contributed by atoms with Gasteiger partial charge in [0.15, 0.2) is 0 Å². The number of pyridine rings is 1. The first-order valence-electron chi connectivity index (χ1n) is 13.8. The zero-order valence-electron chi connectivity index (χ0n) is 24.9. The first-order valence-corrected chi connectivity index (χ1v) is 14.7. The molecule has 216 valence electrons. The van der Waals surface area contributed by atoms with Crippen LogP contribution in [-0.2, 0) is 0 Å². The van der Waals surface area contributed by atoms with Gasteiger partial charge in [-0.15, -0.1) is 12.8 Å². The zero-order chi connectivity index (χ0) is 30.2. The number of nitrogens with one attached hydrogen (secondary N) is 1. The average Bonchev–Trinajstić information content (AvgIpc) is 3.02. The summed E-state index contributed by atoms with van der Waals surface area (Å²) in [6.45, 7) is 16.8. The van der Waals surface area contributed by atoms with Crippen LogP contribution in [0.15, 0.2) is 88.0 Å². The molecular formula is C33H47BrN6. The minimum Gasteiger partial charge on any atom is -0.384 e. The van der Waals surface area contributed by atoms with Crippen molar-refractivity contribution in [3.63, 3.8) is 0 Å². The third kappa shape index (κ3) is 15.1. The van der Waals surface area contributed by atoms with E-state index in [1.807, 2.05) is 54.9 Å². The molecule has 0 amide bonds. The van der Waals surface area contributed by atoms with E-state index in [-0.39, 0.29) is 0 Å². The van der Waals surface area contributed by atoms with Crippen LogP contribution in [-0.4, -0.2) is 34.9 Å². The molecule has 1 aromatic heterocycles. The maximum atomic E-state index is 5.75. The van der Waals surface area contributed by atoms with Crippen LogP contribution in [0.4, 0.5) is 0 Å². The van der Waals surface area contributed by atoms with Crippen molar-refractivity contribution >= 4 is 33.4 Å². The normalized spacial score (nSPS) is 11.7. The van der Waals surface area contributed by atoms with E-state index in [2.05, 4.69) is 90.4 Å². The summed E-state index contributed by atoms with van der Waals surface area (Å²) in [5, 5.41) is 4.22. The number of nitrogens with zero attached hydrogens (tertiary/aromatic N) is 4. The lowest BCUT2D eigenvalue weighted by Gasteiger charge is -2.24. The topological polar surface area (TPSA) is 78.9 Å². The van der Waals surface area contributed by atoms with E-state index >= 15 is 0 Å². The first-order chi connectivity index (χ1) is 19.4. The van der Waals surface area contributed by atoms with Gasteiger partial charge in [-0.1, -0.05) is 92.5 Å². The number of unbranched alkanes of at least 4 members (excludes halogenated alkanes) is 1. The molecule has 0 spiro atoms. The van der Waals surface area contributed by atoms with Gasteiger partial charge in [-0.3, -0.25) is 15.4 Å². The molecule has 0 saturated carbocycles. The predicted octanol–water partition coefficient (Wildman–Crippen LogP) is 8.36. The van der Waals surface area contributed by atoms with Gasteiger partial charge >= 0.3 is 0 Å². The van der Waals surface area contributed by atoms with Crippen molar-refractivity contribution in [3.8, 4) is 24.1 Å². The Balaban J connectivity index is 0.00000232. The van der Waals surface area contributed by atoms with Gasteiger partial charge in [-0.2, -0.15) is 5.10 Å². The second-order valence-electron chi connectivity index (χ2n) is 8.78. The number of halogens is 1. The van der Waals surface area contributed by atoms with Crippen LogP contribution in [0.25, 0.3) is 16.8 Å². The molecule has 0 aliphatic carbocycles. The van der Waals surface area contributed by atoms with Gasteiger partial charge in [0.1, 0.15) is 5.82 Å². The number of aromatic nitrogens is 1. The molecular weight excluding hydrogens is 560 g/mol. The summed E-state index contributed by atoms with van der Waals surface area (Å²) in [5.41, 5.74) is 14.5. The largest absolute Gasteiger partial charge is 0.384 e. The van der Waals surface area contributed by atoms with Crippen LogP contribution < -0.4 is 11.2 Å². The van der Waals surface area contributed by atoms with E-state index in [1.165, 1.54) is 18.5 Å². The number of hydrogen-bond donors (Lipinski definition) is 2. The van der Waals surface area contributed by atoms with Crippen LogP contribution in [0.3, 0.4) is 0 Å². The Morgan fingerprint density at radius 2 is 1.77 bits per heavy atom. The first kappa shape index (κ1) is 36.4. The molecule has 0 radical (unpaired) electrons.